The average molecular weight is 300 g/mol. The third-order valence-electron chi connectivity index (χ3n) is 4.03. The van der Waals surface area contributed by atoms with Crippen molar-refractivity contribution in [2.24, 2.45) is 0 Å². The molecule has 1 aromatic carbocycles. The van der Waals surface area contributed by atoms with E-state index >= 15 is 0 Å². The van der Waals surface area contributed by atoms with Gasteiger partial charge in [-0.25, -0.2) is 0 Å². The minimum atomic E-state index is 0.212. The molecule has 0 bridgehead atoms. The molecule has 0 spiro atoms. The van der Waals surface area contributed by atoms with Gasteiger partial charge in [-0.1, -0.05) is 17.3 Å². The lowest BCUT2D eigenvalue weighted by Gasteiger charge is -2.22. The lowest BCUT2D eigenvalue weighted by molar-refractivity contribution is 0.235. The van der Waals surface area contributed by atoms with E-state index in [2.05, 4.69) is 40.4 Å². The van der Waals surface area contributed by atoms with Gasteiger partial charge < -0.3 is 9.26 Å². The number of hydrogen-bond donors (Lipinski definition) is 0. The highest BCUT2D eigenvalue weighted by Gasteiger charge is 2.28. The molecule has 22 heavy (non-hydrogen) atoms. The molecule has 1 aromatic heterocycles. The molecular weight excluding hydrogens is 276 g/mol. The van der Waals surface area contributed by atoms with Crippen LogP contribution in [-0.2, 0) is 6.54 Å². The molecule has 1 atom stereocenters. The first kappa shape index (κ1) is 15.1. The number of aryl methyl sites for hydroxylation is 1. The second-order valence-corrected chi connectivity index (χ2v) is 6.30. The number of rotatable bonds is 5. The van der Waals surface area contributed by atoms with Gasteiger partial charge in [0.25, 0.3) is 0 Å². The number of hydrogen-bond acceptors (Lipinski definition) is 4. The molecule has 0 saturated carbocycles. The van der Waals surface area contributed by atoms with Crippen molar-refractivity contribution < 1.29 is 9.26 Å². The SMILES string of the molecule is Cc1cc(C2CCCN2Cc2ccc(OC(C)C)cc2)no1. The van der Waals surface area contributed by atoms with Crippen LogP contribution in [0, 0.1) is 6.92 Å². The Morgan fingerprint density at radius 2 is 2.09 bits per heavy atom. The predicted octanol–water partition coefficient (Wildman–Crippen LogP) is 4.11. The Balaban J connectivity index is 1.66. The molecule has 1 saturated heterocycles. The second-order valence-electron chi connectivity index (χ2n) is 6.30. The van der Waals surface area contributed by atoms with E-state index in [1.807, 2.05) is 20.8 Å². The van der Waals surface area contributed by atoms with Crippen molar-refractivity contribution in [2.75, 3.05) is 6.54 Å². The summed E-state index contributed by atoms with van der Waals surface area (Å²) in [5.74, 6) is 1.82. The van der Waals surface area contributed by atoms with Gasteiger partial charge in [0.05, 0.1) is 12.1 Å². The molecule has 1 aliphatic rings. The molecule has 4 heteroatoms. The smallest absolute Gasteiger partial charge is 0.133 e. The molecule has 1 aliphatic heterocycles. The van der Waals surface area contributed by atoms with Gasteiger partial charge in [0.1, 0.15) is 17.2 Å². The fraction of sp³-hybridized carbons (Fsp3) is 0.500. The van der Waals surface area contributed by atoms with E-state index in [9.17, 15) is 0 Å². The van der Waals surface area contributed by atoms with Crippen LogP contribution in [-0.4, -0.2) is 22.7 Å². The van der Waals surface area contributed by atoms with Gasteiger partial charge in [0, 0.05) is 12.6 Å². The third-order valence-corrected chi connectivity index (χ3v) is 4.03. The monoisotopic (exact) mass is 300 g/mol. The molecule has 2 aromatic rings. The highest BCUT2D eigenvalue weighted by atomic mass is 16.5. The maximum atomic E-state index is 5.70. The summed E-state index contributed by atoms with van der Waals surface area (Å²) >= 11 is 0. The van der Waals surface area contributed by atoms with Crippen LogP contribution in [0.25, 0.3) is 0 Å². The lowest BCUT2D eigenvalue weighted by Crippen LogP contribution is -2.22. The van der Waals surface area contributed by atoms with Gasteiger partial charge in [-0.3, -0.25) is 4.90 Å². The molecule has 0 aliphatic carbocycles. The Labute approximate surface area is 132 Å². The zero-order valence-electron chi connectivity index (χ0n) is 13.6. The average Bonchev–Trinajstić information content (AvgIpc) is 3.09. The maximum absolute atomic E-state index is 5.70. The highest BCUT2D eigenvalue weighted by Crippen LogP contribution is 2.32. The van der Waals surface area contributed by atoms with E-state index in [0.717, 1.165) is 36.7 Å². The summed E-state index contributed by atoms with van der Waals surface area (Å²) in [4.78, 5) is 2.48. The van der Waals surface area contributed by atoms with Crippen LogP contribution in [0.1, 0.15) is 49.7 Å². The van der Waals surface area contributed by atoms with Crippen LogP contribution in [0.5, 0.6) is 5.75 Å². The van der Waals surface area contributed by atoms with E-state index in [0.29, 0.717) is 6.04 Å². The number of nitrogens with zero attached hydrogens (tertiary/aromatic N) is 2. The first-order chi connectivity index (χ1) is 10.6. The Morgan fingerprint density at radius 1 is 1.32 bits per heavy atom. The molecule has 0 N–H and O–H groups in total. The summed E-state index contributed by atoms with van der Waals surface area (Å²) in [5.41, 5.74) is 2.37. The predicted molar refractivity (Wildman–Crippen MR) is 85.8 cm³/mol. The molecular formula is C18H24N2O2. The number of likely N-dealkylation sites (tertiary alicyclic amines) is 1. The van der Waals surface area contributed by atoms with Crippen molar-refractivity contribution in [3.05, 3.63) is 47.3 Å². The van der Waals surface area contributed by atoms with Gasteiger partial charge >= 0.3 is 0 Å². The summed E-state index contributed by atoms with van der Waals surface area (Å²) in [7, 11) is 0. The van der Waals surface area contributed by atoms with E-state index < -0.39 is 0 Å². The van der Waals surface area contributed by atoms with Crippen molar-refractivity contribution in [2.45, 2.75) is 52.3 Å². The Kier molecular flexibility index (Phi) is 4.48. The summed E-state index contributed by atoms with van der Waals surface area (Å²) in [6.45, 7) is 8.09. The molecule has 1 fully saturated rings. The Bertz CT molecular complexity index is 604. The fourth-order valence-corrected chi connectivity index (χ4v) is 3.07. The van der Waals surface area contributed by atoms with Gasteiger partial charge in [-0.05, 0) is 57.9 Å². The van der Waals surface area contributed by atoms with E-state index in [-0.39, 0.29) is 6.10 Å². The Morgan fingerprint density at radius 3 is 2.73 bits per heavy atom. The van der Waals surface area contributed by atoms with Crippen LogP contribution in [0.15, 0.2) is 34.9 Å². The van der Waals surface area contributed by atoms with Crippen molar-refractivity contribution in [1.82, 2.24) is 10.1 Å². The van der Waals surface area contributed by atoms with Crippen molar-refractivity contribution in [3.8, 4) is 5.75 Å². The number of aromatic nitrogens is 1. The zero-order chi connectivity index (χ0) is 15.5. The molecule has 0 amide bonds. The number of benzene rings is 1. The van der Waals surface area contributed by atoms with Gasteiger partial charge in [-0.2, -0.15) is 0 Å². The van der Waals surface area contributed by atoms with Gasteiger partial charge in [0.15, 0.2) is 0 Å². The normalized spacial score (nSPS) is 19.0. The van der Waals surface area contributed by atoms with Gasteiger partial charge in [-0.15, -0.1) is 0 Å². The molecule has 1 unspecified atom stereocenters. The van der Waals surface area contributed by atoms with Gasteiger partial charge in [0.2, 0.25) is 0 Å². The zero-order valence-corrected chi connectivity index (χ0v) is 13.6. The van der Waals surface area contributed by atoms with Crippen LogP contribution in [0.3, 0.4) is 0 Å². The minimum Gasteiger partial charge on any atom is -0.491 e. The first-order valence-electron chi connectivity index (χ1n) is 8.04. The quantitative estimate of drug-likeness (QED) is 0.833. The molecule has 3 rings (SSSR count). The second kappa shape index (κ2) is 6.53. The summed E-state index contributed by atoms with van der Waals surface area (Å²) in [5, 5.41) is 4.20. The summed E-state index contributed by atoms with van der Waals surface area (Å²) < 4.78 is 10.9. The van der Waals surface area contributed by atoms with Crippen LogP contribution >= 0.6 is 0 Å². The third kappa shape index (κ3) is 3.50. The molecule has 4 nitrogen and oxygen atoms in total. The topological polar surface area (TPSA) is 38.5 Å². The van der Waals surface area contributed by atoms with Crippen molar-refractivity contribution in [3.63, 3.8) is 0 Å². The fourth-order valence-electron chi connectivity index (χ4n) is 3.07. The van der Waals surface area contributed by atoms with Crippen molar-refractivity contribution in [1.29, 1.82) is 0 Å². The molecule has 2 heterocycles. The maximum Gasteiger partial charge on any atom is 0.133 e. The minimum absolute atomic E-state index is 0.212. The van der Waals surface area contributed by atoms with Crippen molar-refractivity contribution >= 4 is 0 Å². The Hall–Kier alpha value is -1.81. The number of ether oxygens (including phenoxy) is 1. The van der Waals surface area contributed by atoms with Crippen LogP contribution < -0.4 is 4.74 Å². The van der Waals surface area contributed by atoms with E-state index in [1.54, 1.807) is 0 Å². The van der Waals surface area contributed by atoms with Crippen LogP contribution in [0.2, 0.25) is 0 Å². The van der Waals surface area contributed by atoms with E-state index in [1.165, 1.54) is 12.0 Å². The van der Waals surface area contributed by atoms with Crippen LogP contribution in [0.4, 0.5) is 0 Å². The molecule has 118 valence electrons. The standard InChI is InChI=1S/C18H24N2O2/c1-13(2)21-16-8-6-15(7-9-16)12-20-10-4-5-18(20)17-11-14(3)22-19-17/h6-9,11,13,18H,4-5,10,12H2,1-3H3. The lowest BCUT2D eigenvalue weighted by atomic mass is 10.1. The first-order valence-corrected chi connectivity index (χ1v) is 8.04. The molecule has 0 radical (unpaired) electrons. The summed E-state index contributed by atoms with van der Waals surface area (Å²) in [6, 6.07) is 10.9. The largest absolute Gasteiger partial charge is 0.491 e. The highest BCUT2D eigenvalue weighted by molar-refractivity contribution is 5.27. The summed E-state index contributed by atoms with van der Waals surface area (Å²) in [6.07, 6.45) is 2.58. The van der Waals surface area contributed by atoms with E-state index in [4.69, 9.17) is 9.26 Å².